The molecule has 0 saturated heterocycles. The van der Waals surface area contributed by atoms with E-state index in [0.29, 0.717) is 6.42 Å². The monoisotopic (exact) mass is 238 g/mol. The zero-order valence-corrected chi connectivity index (χ0v) is 11.5. The first kappa shape index (κ1) is 14.5. The van der Waals surface area contributed by atoms with Crippen LogP contribution in [0, 0.1) is 16.7 Å². The number of likely N-dealkylation sites (N-methyl/N-ethyl adjacent to an activating group) is 1. The van der Waals surface area contributed by atoms with Gasteiger partial charge in [-0.1, -0.05) is 26.7 Å². The van der Waals surface area contributed by atoms with E-state index in [9.17, 15) is 5.11 Å². The number of hydrogen-bond acceptors (Lipinski definition) is 3. The summed E-state index contributed by atoms with van der Waals surface area (Å²) in [5, 5.41) is 19.0. The van der Waals surface area contributed by atoms with Crippen molar-refractivity contribution in [2.45, 2.75) is 58.0 Å². The fraction of sp³-hybridized carbons (Fsp3) is 0.929. The first-order chi connectivity index (χ1) is 7.87. The smallest absolute Gasteiger partial charge is 0.0774 e. The van der Waals surface area contributed by atoms with Gasteiger partial charge in [0.2, 0.25) is 0 Å². The molecule has 0 radical (unpaired) electrons. The lowest BCUT2D eigenvalue weighted by molar-refractivity contribution is 0.00764. The SMILES string of the molecule is CN(CC(C)(C)CCC#N)CC1(O)CCCC1. The van der Waals surface area contributed by atoms with Gasteiger partial charge in [0.05, 0.1) is 11.7 Å². The van der Waals surface area contributed by atoms with Crippen LogP contribution in [-0.2, 0) is 0 Å². The number of aliphatic hydroxyl groups is 1. The molecule has 98 valence electrons. The first-order valence-corrected chi connectivity index (χ1v) is 6.65. The molecule has 3 heteroatoms. The topological polar surface area (TPSA) is 47.3 Å². The fourth-order valence-corrected chi connectivity index (χ4v) is 2.95. The van der Waals surface area contributed by atoms with Gasteiger partial charge >= 0.3 is 0 Å². The van der Waals surface area contributed by atoms with Gasteiger partial charge in [-0.25, -0.2) is 0 Å². The Kier molecular flexibility index (Phi) is 4.97. The van der Waals surface area contributed by atoms with E-state index < -0.39 is 5.60 Å². The molecular formula is C14H26N2O. The maximum Gasteiger partial charge on any atom is 0.0774 e. The lowest BCUT2D eigenvalue weighted by atomic mass is 9.87. The molecule has 0 unspecified atom stereocenters. The zero-order chi connectivity index (χ0) is 12.9. The average Bonchev–Trinajstić information content (AvgIpc) is 2.60. The van der Waals surface area contributed by atoms with Crippen LogP contribution in [0.4, 0.5) is 0 Å². The van der Waals surface area contributed by atoms with E-state index in [1.165, 1.54) is 0 Å². The molecule has 1 fully saturated rings. The molecule has 1 N–H and O–H groups in total. The third-order valence-corrected chi connectivity index (χ3v) is 3.71. The second-order valence-electron chi connectivity index (χ2n) is 6.43. The van der Waals surface area contributed by atoms with Crippen LogP contribution < -0.4 is 0 Å². The highest BCUT2D eigenvalue weighted by atomic mass is 16.3. The van der Waals surface area contributed by atoms with E-state index in [1.54, 1.807) is 0 Å². The van der Waals surface area contributed by atoms with Crippen LogP contribution >= 0.6 is 0 Å². The predicted molar refractivity (Wildman–Crippen MR) is 69.5 cm³/mol. The Labute approximate surface area is 105 Å². The number of nitriles is 1. The van der Waals surface area contributed by atoms with Gasteiger partial charge in [-0.2, -0.15) is 5.26 Å². The van der Waals surface area contributed by atoms with Crippen LogP contribution in [0.25, 0.3) is 0 Å². The maximum atomic E-state index is 10.3. The normalized spacial score (nSPS) is 19.5. The summed E-state index contributed by atoms with van der Waals surface area (Å²) < 4.78 is 0. The summed E-state index contributed by atoms with van der Waals surface area (Å²) in [6.45, 7) is 6.10. The largest absolute Gasteiger partial charge is 0.389 e. The average molecular weight is 238 g/mol. The Morgan fingerprint density at radius 1 is 1.35 bits per heavy atom. The highest BCUT2D eigenvalue weighted by Gasteiger charge is 2.33. The summed E-state index contributed by atoms with van der Waals surface area (Å²) >= 11 is 0. The Morgan fingerprint density at radius 3 is 2.47 bits per heavy atom. The number of rotatable bonds is 6. The van der Waals surface area contributed by atoms with Gasteiger partial charge in [0.25, 0.3) is 0 Å². The molecule has 0 spiro atoms. The first-order valence-electron chi connectivity index (χ1n) is 6.65. The van der Waals surface area contributed by atoms with Crippen molar-refractivity contribution < 1.29 is 5.11 Å². The molecule has 17 heavy (non-hydrogen) atoms. The zero-order valence-electron chi connectivity index (χ0n) is 11.5. The molecule has 1 saturated carbocycles. The highest BCUT2D eigenvalue weighted by Crippen LogP contribution is 2.31. The van der Waals surface area contributed by atoms with E-state index >= 15 is 0 Å². The number of hydrogen-bond donors (Lipinski definition) is 1. The van der Waals surface area contributed by atoms with Crippen molar-refractivity contribution in [3.63, 3.8) is 0 Å². The standard InChI is InChI=1S/C14H26N2O/c1-13(2,7-6-10-15)11-16(3)12-14(17)8-4-5-9-14/h17H,4-9,11-12H2,1-3H3. The quantitative estimate of drug-likeness (QED) is 0.773. The molecule has 0 aromatic rings. The fourth-order valence-electron chi connectivity index (χ4n) is 2.95. The van der Waals surface area contributed by atoms with Gasteiger partial charge < -0.3 is 10.0 Å². The molecule has 0 bridgehead atoms. The summed E-state index contributed by atoms with van der Waals surface area (Å²) in [6.07, 6.45) is 5.73. The predicted octanol–water partition coefficient (Wildman–Crippen LogP) is 2.55. The van der Waals surface area contributed by atoms with Crippen LogP contribution in [0.5, 0.6) is 0 Å². The van der Waals surface area contributed by atoms with Crippen molar-refractivity contribution in [1.82, 2.24) is 4.90 Å². The van der Waals surface area contributed by atoms with Crippen molar-refractivity contribution in [3.8, 4) is 6.07 Å². The molecule has 0 heterocycles. The molecule has 0 amide bonds. The van der Waals surface area contributed by atoms with E-state index in [4.69, 9.17) is 5.26 Å². The minimum atomic E-state index is -0.458. The molecule has 1 aliphatic carbocycles. The Morgan fingerprint density at radius 2 is 1.94 bits per heavy atom. The van der Waals surface area contributed by atoms with Gasteiger partial charge in [-0.05, 0) is 31.7 Å². The molecule has 0 aromatic heterocycles. The molecule has 1 aliphatic rings. The van der Waals surface area contributed by atoms with Crippen molar-refractivity contribution >= 4 is 0 Å². The van der Waals surface area contributed by atoms with Crippen molar-refractivity contribution in [2.24, 2.45) is 5.41 Å². The van der Waals surface area contributed by atoms with E-state index in [0.717, 1.165) is 45.2 Å². The summed E-state index contributed by atoms with van der Waals surface area (Å²) in [5.74, 6) is 0. The third-order valence-electron chi connectivity index (χ3n) is 3.71. The van der Waals surface area contributed by atoms with Gasteiger partial charge in [0.1, 0.15) is 0 Å². The van der Waals surface area contributed by atoms with Gasteiger partial charge in [0, 0.05) is 19.5 Å². The van der Waals surface area contributed by atoms with Crippen molar-refractivity contribution in [2.75, 3.05) is 20.1 Å². The van der Waals surface area contributed by atoms with Gasteiger partial charge in [-0.15, -0.1) is 0 Å². The maximum absolute atomic E-state index is 10.3. The Bertz CT molecular complexity index is 274. The number of nitrogens with zero attached hydrogens (tertiary/aromatic N) is 2. The van der Waals surface area contributed by atoms with Gasteiger partial charge in [-0.3, -0.25) is 0 Å². The minimum absolute atomic E-state index is 0.152. The lowest BCUT2D eigenvalue weighted by Crippen LogP contribution is -2.42. The van der Waals surface area contributed by atoms with Crippen LogP contribution in [-0.4, -0.2) is 35.7 Å². The molecular weight excluding hydrogens is 212 g/mol. The summed E-state index contributed by atoms with van der Waals surface area (Å²) in [5.41, 5.74) is -0.306. The third kappa shape index (κ3) is 5.06. The van der Waals surface area contributed by atoms with Crippen molar-refractivity contribution in [1.29, 1.82) is 5.26 Å². The van der Waals surface area contributed by atoms with Crippen LogP contribution in [0.3, 0.4) is 0 Å². The van der Waals surface area contributed by atoms with E-state index in [1.807, 2.05) is 0 Å². The molecule has 3 nitrogen and oxygen atoms in total. The highest BCUT2D eigenvalue weighted by molar-refractivity contribution is 4.88. The van der Waals surface area contributed by atoms with Crippen molar-refractivity contribution in [3.05, 3.63) is 0 Å². The molecule has 0 aliphatic heterocycles. The summed E-state index contributed by atoms with van der Waals surface area (Å²) in [6, 6.07) is 2.21. The van der Waals surface area contributed by atoms with Crippen LogP contribution in [0.2, 0.25) is 0 Å². The molecule has 0 atom stereocenters. The van der Waals surface area contributed by atoms with Crippen LogP contribution in [0.1, 0.15) is 52.4 Å². The van der Waals surface area contributed by atoms with Crippen LogP contribution in [0.15, 0.2) is 0 Å². The second kappa shape index (κ2) is 5.84. The minimum Gasteiger partial charge on any atom is -0.389 e. The van der Waals surface area contributed by atoms with E-state index in [-0.39, 0.29) is 5.41 Å². The summed E-state index contributed by atoms with van der Waals surface area (Å²) in [7, 11) is 2.07. The second-order valence-corrected chi connectivity index (χ2v) is 6.43. The molecule has 0 aromatic carbocycles. The summed E-state index contributed by atoms with van der Waals surface area (Å²) in [4.78, 5) is 2.22. The Hall–Kier alpha value is -0.590. The molecule has 1 rings (SSSR count). The van der Waals surface area contributed by atoms with Gasteiger partial charge in [0.15, 0.2) is 0 Å². The van der Waals surface area contributed by atoms with E-state index in [2.05, 4.69) is 31.9 Å². The Balaban J connectivity index is 2.38. The lowest BCUT2D eigenvalue weighted by Gasteiger charge is -2.34.